The topological polar surface area (TPSA) is 55.6 Å². The summed E-state index contributed by atoms with van der Waals surface area (Å²) < 4.78 is 0. The van der Waals surface area contributed by atoms with Crippen molar-refractivity contribution in [3.63, 3.8) is 0 Å². The molecule has 1 aliphatic heterocycles. The molecule has 58 valence electrons. The average Bonchev–Trinajstić information content (AvgIpc) is 2.14. The zero-order chi connectivity index (χ0) is 8.10. The number of primary amides is 1. The minimum Gasteiger partial charge on any atom is -0.333 e. The van der Waals surface area contributed by atoms with Crippen molar-refractivity contribution in [2.75, 3.05) is 0 Å². The van der Waals surface area contributed by atoms with Gasteiger partial charge in [-0.15, -0.1) is 0 Å². The number of carbonyl (C=O) groups excluding carboxylic acids is 1. The summed E-state index contributed by atoms with van der Waals surface area (Å²) >= 11 is 0. The highest BCUT2D eigenvalue weighted by Gasteiger charge is 1.98. The number of hydrogen-bond acceptors (Lipinski definition) is 3. The summed E-state index contributed by atoms with van der Waals surface area (Å²) in [5.41, 5.74) is 4.78. The SMILES string of the molecule is NC(=O)ON1C=CC=CC=C1. The number of hydroxylamine groups is 2. The van der Waals surface area contributed by atoms with Gasteiger partial charge in [0.05, 0.1) is 0 Å². The largest absolute Gasteiger partial charge is 0.429 e. The average molecular weight is 152 g/mol. The maximum absolute atomic E-state index is 10.2. The van der Waals surface area contributed by atoms with Gasteiger partial charge in [-0.25, -0.2) is 4.79 Å². The third-order valence-electron chi connectivity index (χ3n) is 0.995. The molecule has 2 N–H and O–H groups in total. The van der Waals surface area contributed by atoms with Gasteiger partial charge in [-0.3, -0.25) is 0 Å². The van der Waals surface area contributed by atoms with E-state index in [0.717, 1.165) is 0 Å². The van der Waals surface area contributed by atoms with Crippen molar-refractivity contribution in [3.05, 3.63) is 36.7 Å². The van der Waals surface area contributed by atoms with Gasteiger partial charge in [-0.1, -0.05) is 12.2 Å². The van der Waals surface area contributed by atoms with Gasteiger partial charge < -0.3 is 10.6 Å². The van der Waals surface area contributed by atoms with Gasteiger partial charge in [0.1, 0.15) is 0 Å². The van der Waals surface area contributed by atoms with Crippen molar-refractivity contribution in [2.45, 2.75) is 0 Å². The van der Waals surface area contributed by atoms with Gasteiger partial charge in [0.25, 0.3) is 0 Å². The van der Waals surface area contributed by atoms with Gasteiger partial charge in [-0.05, 0) is 12.2 Å². The molecule has 0 saturated heterocycles. The Labute approximate surface area is 64.2 Å². The molecule has 0 aliphatic carbocycles. The van der Waals surface area contributed by atoms with Crippen LogP contribution in [-0.4, -0.2) is 11.2 Å². The van der Waals surface area contributed by atoms with Crippen LogP contribution >= 0.6 is 0 Å². The Morgan fingerprint density at radius 2 is 1.73 bits per heavy atom. The maximum atomic E-state index is 10.2. The Morgan fingerprint density at radius 3 is 2.18 bits per heavy atom. The molecule has 1 rings (SSSR count). The predicted molar refractivity (Wildman–Crippen MR) is 39.9 cm³/mol. The third kappa shape index (κ3) is 2.57. The first-order valence-corrected chi connectivity index (χ1v) is 3.06. The second kappa shape index (κ2) is 3.46. The number of amides is 1. The van der Waals surface area contributed by atoms with Crippen molar-refractivity contribution in [1.82, 2.24) is 5.06 Å². The first kappa shape index (κ1) is 7.40. The molecule has 0 bridgehead atoms. The lowest BCUT2D eigenvalue weighted by atomic mass is 10.5. The van der Waals surface area contributed by atoms with E-state index in [1.165, 1.54) is 5.06 Å². The van der Waals surface area contributed by atoms with Crippen molar-refractivity contribution in [2.24, 2.45) is 5.73 Å². The normalized spacial score (nSPS) is 14.7. The Bertz CT molecular complexity index is 215. The molecule has 4 nitrogen and oxygen atoms in total. The minimum absolute atomic E-state index is 0.832. The summed E-state index contributed by atoms with van der Waals surface area (Å²) in [6.07, 6.45) is 9.38. The molecule has 0 saturated carbocycles. The van der Waals surface area contributed by atoms with Crippen LogP contribution < -0.4 is 5.73 Å². The van der Waals surface area contributed by atoms with E-state index in [-0.39, 0.29) is 0 Å². The van der Waals surface area contributed by atoms with Crippen LogP contribution in [-0.2, 0) is 4.84 Å². The zero-order valence-electron chi connectivity index (χ0n) is 5.81. The number of hydrogen-bond donors (Lipinski definition) is 1. The van der Waals surface area contributed by atoms with Crippen molar-refractivity contribution in [1.29, 1.82) is 0 Å². The fraction of sp³-hybridized carbons (Fsp3) is 0. The summed E-state index contributed by atoms with van der Waals surface area (Å²) in [5, 5.41) is 1.22. The van der Waals surface area contributed by atoms with E-state index in [1.54, 1.807) is 36.7 Å². The molecule has 0 aromatic heterocycles. The lowest BCUT2D eigenvalue weighted by Crippen LogP contribution is -2.21. The zero-order valence-corrected chi connectivity index (χ0v) is 5.81. The number of nitrogens with zero attached hydrogens (tertiary/aromatic N) is 1. The standard InChI is InChI=1S/C7H8N2O2/c8-7(10)11-9-5-3-1-2-4-6-9/h1-6H,(H2,8,10). The Balaban J connectivity index is 2.53. The molecule has 1 aliphatic rings. The monoisotopic (exact) mass is 152 g/mol. The molecule has 11 heavy (non-hydrogen) atoms. The van der Waals surface area contributed by atoms with Crippen LogP contribution in [0.1, 0.15) is 0 Å². The van der Waals surface area contributed by atoms with Gasteiger partial charge in [0, 0.05) is 12.4 Å². The van der Waals surface area contributed by atoms with E-state index in [1.807, 2.05) is 0 Å². The van der Waals surface area contributed by atoms with Crippen LogP contribution in [0.25, 0.3) is 0 Å². The maximum Gasteiger partial charge on any atom is 0.429 e. The van der Waals surface area contributed by atoms with E-state index in [2.05, 4.69) is 4.84 Å². The smallest absolute Gasteiger partial charge is 0.333 e. The molecule has 1 heterocycles. The first-order valence-electron chi connectivity index (χ1n) is 3.06. The molecular formula is C7H8N2O2. The highest BCUT2D eigenvalue weighted by atomic mass is 16.7. The molecule has 0 radical (unpaired) electrons. The summed E-state index contributed by atoms with van der Waals surface area (Å²) in [6, 6.07) is 0. The Kier molecular flexibility index (Phi) is 2.32. The summed E-state index contributed by atoms with van der Waals surface area (Å²) in [6.45, 7) is 0. The molecule has 0 aromatic carbocycles. The van der Waals surface area contributed by atoms with Crippen LogP contribution in [0.15, 0.2) is 36.7 Å². The first-order chi connectivity index (χ1) is 5.29. The van der Waals surface area contributed by atoms with E-state index in [4.69, 9.17) is 5.73 Å². The highest BCUT2D eigenvalue weighted by Crippen LogP contribution is 1.98. The Hall–Kier alpha value is -1.71. The quantitative estimate of drug-likeness (QED) is 0.607. The second-order valence-electron chi connectivity index (χ2n) is 1.84. The van der Waals surface area contributed by atoms with E-state index >= 15 is 0 Å². The fourth-order valence-corrected chi connectivity index (χ4v) is 0.612. The number of carbonyl (C=O) groups is 1. The number of nitrogens with two attached hydrogens (primary N) is 1. The molecule has 0 aromatic rings. The molecule has 0 fully saturated rings. The molecule has 1 amide bonds. The van der Waals surface area contributed by atoms with Gasteiger partial charge >= 0.3 is 6.09 Å². The highest BCUT2D eigenvalue weighted by molar-refractivity contribution is 5.64. The third-order valence-corrected chi connectivity index (χ3v) is 0.995. The van der Waals surface area contributed by atoms with Crippen LogP contribution in [0.2, 0.25) is 0 Å². The molecule has 0 spiro atoms. The summed E-state index contributed by atoms with van der Waals surface area (Å²) in [4.78, 5) is 14.8. The lowest BCUT2D eigenvalue weighted by molar-refractivity contribution is -0.0100. The molecule has 4 heteroatoms. The van der Waals surface area contributed by atoms with Gasteiger partial charge in [0.2, 0.25) is 0 Å². The molecule has 0 atom stereocenters. The summed E-state index contributed by atoms with van der Waals surface area (Å²) in [5.74, 6) is 0. The van der Waals surface area contributed by atoms with Crippen molar-refractivity contribution < 1.29 is 9.63 Å². The Morgan fingerprint density at radius 1 is 1.18 bits per heavy atom. The number of rotatable bonds is 1. The van der Waals surface area contributed by atoms with E-state index < -0.39 is 6.09 Å². The van der Waals surface area contributed by atoms with Crippen molar-refractivity contribution >= 4 is 6.09 Å². The summed E-state index contributed by atoms with van der Waals surface area (Å²) in [7, 11) is 0. The fourth-order valence-electron chi connectivity index (χ4n) is 0.612. The van der Waals surface area contributed by atoms with Crippen molar-refractivity contribution in [3.8, 4) is 0 Å². The van der Waals surface area contributed by atoms with Crippen LogP contribution in [0.5, 0.6) is 0 Å². The van der Waals surface area contributed by atoms with Crippen LogP contribution in [0, 0.1) is 0 Å². The predicted octanol–water partition coefficient (Wildman–Crippen LogP) is 0.896. The van der Waals surface area contributed by atoms with E-state index in [9.17, 15) is 4.79 Å². The molecule has 0 unspecified atom stereocenters. The molecular weight excluding hydrogens is 144 g/mol. The second-order valence-corrected chi connectivity index (χ2v) is 1.84. The van der Waals surface area contributed by atoms with Crippen LogP contribution in [0.3, 0.4) is 0 Å². The minimum atomic E-state index is -0.832. The number of allylic oxidation sites excluding steroid dienone is 4. The van der Waals surface area contributed by atoms with Gasteiger partial charge in [-0.2, -0.15) is 5.06 Å². The van der Waals surface area contributed by atoms with Gasteiger partial charge in [0.15, 0.2) is 0 Å². The van der Waals surface area contributed by atoms with Crippen LogP contribution in [0.4, 0.5) is 4.79 Å². The van der Waals surface area contributed by atoms with E-state index in [0.29, 0.717) is 0 Å². The lowest BCUT2D eigenvalue weighted by Gasteiger charge is -2.10.